The average molecular weight is 431 g/mol. The van der Waals surface area contributed by atoms with E-state index in [9.17, 15) is 9.59 Å². The van der Waals surface area contributed by atoms with E-state index in [1.54, 1.807) is 30.7 Å². The van der Waals surface area contributed by atoms with E-state index in [-0.39, 0.29) is 17.9 Å². The molecule has 2 aliphatic heterocycles. The number of fused-ring (bicyclic) bond motifs is 2. The minimum atomic E-state index is -0.214. The number of benzene rings is 2. The van der Waals surface area contributed by atoms with Crippen LogP contribution in [-0.2, 0) is 6.54 Å². The number of amides is 2. The van der Waals surface area contributed by atoms with Crippen LogP contribution in [0.4, 0.5) is 5.69 Å². The SMILES string of the molecule is O=C(Nc1ccc2c(c1)C(=O)N1CCCCC1CCO2)c1ccc(Cn2ccnc2)cc1. The molecule has 1 fully saturated rings. The molecule has 1 atom stereocenters. The van der Waals surface area contributed by atoms with Gasteiger partial charge in [-0.05, 0) is 55.2 Å². The van der Waals surface area contributed by atoms with Crippen LogP contribution < -0.4 is 10.1 Å². The first kappa shape index (κ1) is 20.3. The summed E-state index contributed by atoms with van der Waals surface area (Å²) >= 11 is 0. The van der Waals surface area contributed by atoms with Crippen molar-refractivity contribution in [3.05, 3.63) is 77.9 Å². The zero-order valence-corrected chi connectivity index (χ0v) is 17.9. The minimum absolute atomic E-state index is 0.00986. The van der Waals surface area contributed by atoms with E-state index in [1.807, 2.05) is 39.9 Å². The van der Waals surface area contributed by atoms with E-state index >= 15 is 0 Å². The van der Waals surface area contributed by atoms with Gasteiger partial charge in [-0.3, -0.25) is 9.59 Å². The first-order chi connectivity index (χ1) is 15.7. The Kier molecular flexibility index (Phi) is 5.62. The summed E-state index contributed by atoms with van der Waals surface area (Å²) in [6.45, 7) is 2.08. The molecule has 3 heterocycles. The standard InChI is InChI=1S/C25H26N4O3/c30-24(19-6-4-18(5-7-19)16-28-13-11-26-17-28)27-20-8-9-23-22(15-20)25(31)29-12-2-1-3-21(29)10-14-32-23/h4-9,11,13,15,17,21H,1-3,10,12,14,16H2,(H,27,30). The molecule has 5 rings (SSSR count). The van der Waals surface area contributed by atoms with Crippen LogP contribution in [0.1, 0.15) is 52.0 Å². The Balaban J connectivity index is 1.31. The van der Waals surface area contributed by atoms with E-state index in [1.165, 1.54) is 0 Å². The van der Waals surface area contributed by atoms with Gasteiger partial charge in [0.1, 0.15) is 5.75 Å². The number of ether oxygens (including phenoxy) is 1. The van der Waals surface area contributed by atoms with Gasteiger partial charge in [0.15, 0.2) is 0 Å². The van der Waals surface area contributed by atoms with Gasteiger partial charge in [0, 0.05) is 49.2 Å². The Labute approximate surface area is 187 Å². The fourth-order valence-electron chi connectivity index (χ4n) is 4.48. The maximum atomic E-state index is 13.2. The number of rotatable bonds is 4. The first-order valence-corrected chi connectivity index (χ1v) is 11.1. The number of nitrogens with one attached hydrogen (secondary N) is 1. The molecule has 0 radical (unpaired) electrons. The van der Waals surface area contributed by atoms with Crippen molar-refractivity contribution in [1.29, 1.82) is 0 Å². The predicted octanol–water partition coefficient (Wildman–Crippen LogP) is 3.96. The molecule has 7 heteroatoms. The third-order valence-electron chi connectivity index (χ3n) is 6.20. The van der Waals surface area contributed by atoms with Crippen LogP contribution in [0.2, 0.25) is 0 Å². The van der Waals surface area contributed by atoms with Crippen LogP contribution in [0.15, 0.2) is 61.2 Å². The topological polar surface area (TPSA) is 76.5 Å². The third-order valence-corrected chi connectivity index (χ3v) is 6.20. The Morgan fingerprint density at radius 1 is 1.12 bits per heavy atom. The molecule has 1 aromatic heterocycles. The lowest BCUT2D eigenvalue weighted by Crippen LogP contribution is -2.45. The molecule has 0 saturated carbocycles. The number of anilines is 1. The van der Waals surface area contributed by atoms with Gasteiger partial charge >= 0.3 is 0 Å². The zero-order chi connectivity index (χ0) is 21.9. The Hall–Kier alpha value is -3.61. The van der Waals surface area contributed by atoms with E-state index in [4.69, 9.17) is 4.74 Å². The summed E-state index contributed by atoms with van der Waals surface area (Å²) in [6.07, 6.45) is 9.48. The van der Waals surface area contributed by atoms with Gasteiger partial charge in [0.05, 0.1) is 18.5 Å². The van der Waals surface area contributed by atoms with E-state index in [0.29, 0.717) is 35.7 Å². The lowest BCUT2D eigenvalue weighted by molar-refractivity contribution is 0.0548. The highest BCUT2D eigenvalue weighted by Crippen LogP contribution is 2.31. The molecule has 0 spiro atoms. The first-order valence-electron chi connectivity index (χ1n) is 11.1. The van der Waals surface area contributed by atoms with Crippen LogP contribution >= 0.6 is 0 Å². The van der Waals surface area contributed by atoms with Crippen molar-refractivity contribution < 1.29 is 14.3 Å². The van der Waals surface area contributed by atoms with Crippen molar-refractivity contribution in [2.45, 2.75) is 38.3 Å². The van der Waals surface area contributed by atoms with Gasteiger partial charge in [0.25, 0.3) is 11.8 Å². The molecule has 2 aliphatic rings. The molecule has 1 saturated heterocycles. The number of hydrogen-bond donors (Lipinski definition) is 1. The number of carbonyl (C=O) groups excluding carboxylic acids is 2. The quantitative estimate of drug-likeness (QED) is 0.680. The second-order valence-electron chi connectivity index (χ2n) is 8.38. The smallest absolute Gasteiger partial charge is 0.257 e. The van der Waals surface area contributed by atoms with E-state index < -0.39 is 0 Å². The number of carbonyl (C=O) groups is 2. The highest BCUT2D eigenvalue weighted by atomic mass is 16.5. The molecule has 0 bridgehead atoms. The molecule has 0 aliphatic carbocycles. The fourth-order valence-corrected chi connectivity index (χ4v) is 4.48. The number of nitrogens with zero attached hydrogens (tertiary/aromatic N) is 3. The molecule has 2 amide bonds. The second kappa shape index (κ2) is 8.86. The molecule has 2 aromatic carbocycles. The van der Waals surface area contributed by atoms with Gasteiger partial charge < -0.3 is 19.5 Å². The lowest BCUT2D eigenvalue weighted by atomic mass is 9.97. The predicted molar refractivity (Wildman–Crippen MR) is 121 cm³/mol. The summed E-state index contributed by atoms with van der Waals surface area (Å²) in [5.41, 5.74) is 2.75. The monoisotopic (exact) mass is 430 g/mol. The maximum absolute atomic E-state index is 13.2. The number of imidazole rings is 1. The van der Waals surface area contributed by atoms with Crippen molar-refractivity contribution in [2.24, 2.45) is 0 Å². The van der Waals surface area contributed by atoms with Crippen molar-refractivity contribution in [3.8, 4) is 5.75 Å². The van der Waals surface area contributed by atoms with Crippen LogP contribution in [0.3, 0.4) is 0 Å². The van der Waals surface area contributed by atoms with Crippen LogP contribution in [0.25, 0.3) is 0 Å². The summed E-state index contributed by atoms with van der Waals surface area (Å²) < 4.78 is 7.85. The number of aromatic nitrogens is 2. The maximum Gasteiger partial charge on any atom is 0.257 e. The van der Waals surface area contributed by atoms with Crippen molar-refractivity contribution in [3.63, 3.8) is 0 Å². The summed E-state index contributed by atoms with van der Waals surface area (Å²) in [6, 6.07) is 13.0. The number of hydrogen-bond acceptors (Lipinski definition) is 4. The molecule has 32 heavy (non-hydrogen) atoms. The van der Waals surface area contributed by atoms with Crippen molar-refractivity contribution in [1.82, 2.24) is 14.5 Å². The highest BCUT2D eigenvalue weighted by molar-refractivity contribution is 6.05. The summed E-state index contributed by atoms with van der Waals surface area (Å²) in [7, 11) is 0. The molecular weight excluding hydrogens is 404 g/mol. The van der Waals surface area contributed by atoms with Gasteiger partial charge in [-0.2, -0.15) is 0 Å². The van der Waals surface area contributed by atoms with Crippen LogP contribution in [-0.4, -0.2) is 45.5 Å². The molecule has 7 nitrogen and oxygen atoms in total. The zero-order valence-electron chi connectivity index (χ0n) is 17.9. The summed E-state index contributed by atoms with van der Waals surface area (Å²) in [4.78, 5) is 32.0. The Morgan fingerprint density at radius 2 is 2.00 bits per heavy atom. The second-order valence-corrected chi connectivity index (χ2v) is 8.38. The molecule has 1 N–H and O–H groups in total. The van der Waals surface area contributed by atoms with Crippen molar-refractivity contribution >= 4 is 17.5 Å². The minimum Gasteiger partial charge on any atom is -0.493 e. The largest absolute Gasteiger partial charge is 0.493 e. The fraction of sp³-hybridized carbons (Fsp3) is 0.320. The summed E-state index contributed by atoms with van der Waals surface area (Å²) in [5.74, 6) is 0.361. The van der Waals surface area contributed by atoms with Gasteiger partial charge in [-0.25, -0.2) is 4.98 Å². The normalized spacial score (nSPS) is 18.1. The van der Waals surface area contributed by atoms with Gasteiger partial charge in [0.2, 0.25) is 0 Å². The average Bonchev–Trinajstić information content (AvgIpc) is 3.32. The Morgan fingerprint density at radius 3 is 2.81 bits per heavy atom. The highest BCUT2D eigenvalue weighted by Gasteiger charge is 2.31. The van der Waals surface area contributed by atoms with E-state index in [2.05, 4.69) is 10.3 Å². The van der Waals surface area contributed by atoms with Gasteiger partial charge in [-0.1, -0.05) is 12.1 Å². The summed E-state index contributed by atoms with van der Waals surface area (Å²) in [5, 5.41) is 2.92. The Bertz CT molecular complexity index is 1110. The molecule has 3 aromatic rings. The number of piperidine rings is 1. The third kappa shape index (κ3) is 4.23. The van der Waals surface area contributed by atoms with E-state index in [0.717, 1.165) is 37.8 Å². The molecular formula is C25H26N4O3. The van der Waals surface area contributed by atoms with Crippen molar-refractivity contribution in [2.75, 3.05) is 18.5 Å². The lowest BCUT2D eigenvalue weighted by Gasteiger charge is -2.37. The van der Waals surface area contributed by atoms with Crippen LogP contribution in [0.5, 0.6) is 5.75 Å². The molecule has 164 valence electrons. The van der Waals surface area contributed by atoms with Gasteiger partial charge in [-0.15, -0.1) is 0 Å². The molecule has 1 unspecified atom stereocenters. The van der Waals surface area contributed by atoms with Crippen LogP contribution in [0, 0.1) is 0 Å².